The number of cyclic esters (lactones) is 1. The van der Waals surface area contributed by atoms with E-state index in [9.17, 15) is 9.59 Å². The molecule has 1 aliphatic rings. The lowest BCUT2D eigenvalue weighted by atomic mass is 10.2. The van der Waals surface area contributed by atoms with Crippen LogP contribution >= 0.6 is 0 Å². The van der Waals surface area contributed by atoms with Crippen molar-refractivity contribution >= 4 is 11.9 Å². The van der Waals surface area contributed by atoms with E-state index in [-0.39, 0.29) is 0 Å². The van der Waals surface area contributed by atoms with E-state index >= 15 is 0 Å². The Morgan fingerprint density at radius 3 is 3.14 bits per heavy atom. The van der Waals surface area contributed by atoms with E-state index in [0.717, 1.165) is 0 Å². The molecule has 1 unspecified atom stereocenters. The number of carbonyl (C=O) groups excluding carboxylic acids is 2. The Morgan fingerprint density at radius 1 is 1.64 bits per heavy atom. The Kier molecular flexibility index (Phi) is 1.92. The molecule has 0 aromatic carbocycles. The summed E-state index contributed by atoms with van der Waals surface area (Å²) in [5, 5.41) is 0. The quantitative estimate of drug-likeness (QED) is 0.617. The van der Waals surface area contributed by atoms with Gasteiger partial charge in [-0.2, -0.15) is 0 Å². The molecule has 0 radical (unpaired) electrons. The van der Waals surface area contributed by atoms with Crippen molar-refractivity contribution < 1.29 is 19.1 Å². The first-order valence-electron chi connectivity index (χ1n) is 4.00. The summed E-state index contributed by atoms with van der Waals surface area (Å²) in [6, 6.07) is 1.59. The number of carbonyl (C=O) groups is 2. The molecule has 0 saturated heterocycles. The van der Waals surface area contributed by atoms with Crippen molar-refractivity contribution in [2.45, 2.75) is 13.2 Å². The van der Waals surface area contributed by atoms with Gasteiger partial charge in [0.2, 0.25) is 0 Å². The fourth-order valence-electron chi connectivity index (χ4n) is 1.24. The normalized spacial score (nSPS) is 18.6. The summed E-state index contributed by atoms with van der Waals surface area (Å²) in [6.45, 7) is 1.26. The van der Waals surface area contributed by atoms with Crippen molar-refractivity contribution in [3.05, 3.63) is 29.6 Å². The number of rotatable bonds is 1. The lowest BCUT2D eigenvalue weighted by Crippen LogP contribution is -2.07. The van der Waals surface area contributed by atoms with Crippen molar-refractivity contribution in [3.8, 4) is 0 Å². The summed E-state index contributed by atoms with van der Waals surface area (Å²) in [4.78, 5) is 25.7. The Hall–Kier alpha value is -1.91. The first-order chi connectivity index (χ1) is 6.68. The number of hydrogen-bond acceptors (Lipinski definition) is 5. The van der Waals surface area contributed by atoms with Crippen LogP contribution in [0.15, 0.2) is 18.5 Å². The van der Waals surface area contributed by atoms with Crippen LogP contribution in [0.4, 0.5) is 0 Å². The summed E-state index contributed by atoms with van der Waals surface area (Å²) in [7, 11) is 0. The minimum absolute atomic E-state index is 0.346. The summed E-state index contributed by atoms with van der Waals surface area (Å²) >= 11 is 0. The van der Waals surface area contributed by atoms with Gasteiger partial charge < -0.3 is 9.47 Å². The van der Waals surface area contributed by atoms with Crippen molar-refractivity contribution in [3.63, 3.8) is 0 Å². The van der Waals surface area contributed by atoms with Gasteiger partial charge in [0.1, 0.15) is 0 Å². The highest BCUT2D eigenvalue weighted by Gasteiger charge is 2.33. The highest BCUT2D eigenvalue weighted by molar-refractivity contribution is 5.93. The van der Waals surface area contributed by atoms with E-state index in [1.807, 2.05) is 0 Å². The fourth-order valence-corrected chi connectivity index (χ4v) is 1.24. The smallest absolute Gasteiger partial charge is 0.343 e. The zero-order valence-electron chi connectivity index (χ0n) is 7.39. The van der Waals surface area contributed by atoms with E-state index in [4.69, 9.17) is 9.47 Å². The van der Waals surface area contributed by atoms with Crippen LogP contribution in [0.2, 0.25) is 0 Å². The van der Waals surface area contributed by atoms with Crippen LogP contribution in [0.25, 0.3) is 0 Å². The SMILES string of the molecule is CC(=O)OC1OC(=O)c2cnccc21. The zero-order valence-corrected chi connectivity index (χ0v) is 7.39. The molecule has 0 bridgehead atoms. The highest BCUT2D eigenvalue weighted by Crippen LogP contribution is 2.30. The molecule has 1 atom stereocenters. The van der Waals surface area contributed by atoms with E-state index in [1.165, 1.54) is 19.3 Å². The van der Waals surface area contributed by atoms with E-state index < -0.39 is 18.2 Å². The second kappa shape index (κ2) is 3.10. The molecule has 72 valence electrons. The van der Waals surface area contributed by atoms with Crippen molar-refractivity contribution in [2.24, 2.45) is 0 Å². The molecule has 0 amide bonds. The number of nitrogens with zero attached hydrogens (tertiary/aromatic N) is 1. The number of aromatic nitrogens is 1. The Balaban J connectivity index is 2.34. The molecule has 0 saturated carbocycles. The summed E-state index contributed by atoms with van der Waals surface area (Å²) in [5.74, 6) is -1.01. The van der Waals surface area contributed by atoms with Crippen LogP contribution < -0.4 is 0 Å². The van der Waals surface area contributed by atoms with E-state index in [0.29, 0.717) is 11.1 Å². The molecular formula is C9H7NO4. The van der Waals surface area contributed by atoms with Gasteiger partial charge in [-0.15, -0.1) is 0 Å². The maximum absolute atomic E-state index is 11.2. The molecule has 1 aromatic rings. The minimum atomic E-state index is -0.919. The number of pyridine rings is 1. The van der Waals surface area contributed by atoms with Crippen LogP contribution in [0, 0.1) is 0 Å². The average molecular weight is 193 g/mol. The van der Waals surface area contributed by atoms with Gasteiger partial charge in [0.25, 0.3) is 6.29 Å². The number of ether oxygens (including phenoxy) is 2. The maximum Gasteiger partial charge on any atom is 0.343 e. The maximum atomic E-state index is 11.2. The standard InChI is InChI=1S/C9H7NO4/c1-5(11)13-9-6-2-3-10-4-7(6)8(12)14-9/h2-4,9H,1H3. The largest absolute Gasteiger partial charge is 0.421 e. The minimum Gasteiger partial charge on any atom is -0.421 e. The lowest BCUT2D eigenvalue weighted by Gasteiger charge is -2.09. The molecule has 2 heterocycles. The topological polar surface area (TPSA) is 65.5 Å². The highest BCUT2D eigenvalue weighted by atomic mass is 16.7. The fraction of sp³-hybridized carbons (Fsp3) is 0.222. The molecule has 2 rings (SSSR count). The van der Waals surface area contributed by atoms with Crippen molar-refractivity contribution in [2.75, 3.05) is 0 Å². The molecule has 0 fully saturated rings. The number of esters is 2. The summed E-state index contributed by atoms with van der Waals surface area (Å²) in [6.07, 6.45) is 1.98. The molecular weight excluding hydrogens is 186 g/mol. The van der Waals surface area contributed by atoms with E-state index in [2.05, 4.69) is 4.98 Å². The third-order valence-electron chi connectivity index (χ3n) is 1.82. The van der Waals surface area contributed by atoms with Gasteiger partial charge in [-0.1, -0.05) is 0 Å². The third kappa shape index (κ3) is 1.32. The van der Waals surface area contributed by atoms with Crippen LogP contribution in [0.1, 0.15) is 29.1 Å². The van der Waals surface area contributed by atoms with Gasteiger partial charge >= 0.3 is 11.9 Å². The van der Waals surface area contributed by atoms with E-state index in [1.54, 1.807) is 6.07 Å². The molecule has 5 heteroatoms. The van der Waals surface area contributed by atoms with Gasteiger partial charge in [-0.05, 0) is 6.07 Å². The van der Waals surface area contributed by atoms with Crippen LogP contribution in [0.5, 0.6) is 0 Å². The van der Waals surface area contributed by atoms with Crippen molar-refractivity contribution in [1.29, 1.82) is 0 Å². The van der Waals surface area contributed by atoms with Gasteiger partial charge in [-0.3, -0.25) is 9.78 Å². The predicted molar refractivity (Wildman–Crippen MR) is 44.2 cm³/mol. The Bertz CT molecular complexity index is 400. The third-order valence-corrected chi connectivity index (χ3v) is 1.82. The first-order valence-corrected chi connectivity index (χ1v) is 4.00. The molecule has 0 spiro atoms. The second-order valence-corrected chi connectivity index (χ2v) is 2.81. The van der Waals surface area contributed by atoms with Crippen LogP contribution in [0.3, 0.4) is 0 Å². The van der Waals surface area contributed by atoms with Crippen molar-refractivity contribution in [1.82, 2.24) is 4.98 Å². The molecule has 5 nitrogen and oxygen atoms in total. The molecule has 0 N–H and O–H groups in total. The Morgan fingerprint density at radius 2 is 2.43 bits per heavy atom. The molecule has 1 aromatic heterocycles. The number of fused-ring (bicyclic) bond motifs is 1. The lowest BCUT2D eigenvalue weighted by molar-refractivity contribution is -0.164. The van der Waals surface area contributed by atoms with Gasteiger partial charge in [-0.25, -0.2) is 4.79 Å². The van der Waals surface area contributed by atoms with Crippen LogP contribution in [-0.2, 0) is 14.3 Å². The Labute approximate surface area is 79.7 Å². The van der Waals surface area contributed by atoms with Gasteiger partial charge in [0, 0.05) is 19.3 Å². The van der Waals surface area contributed by atoms with Gasteiger partial charge in [0.05, 0.1) is 11.1 Å². The monoisotopic (exact) mass is 193 g/mol. The number of hydrogen-bond donors (Lipinski definition) is 0. The molecule has 1 aliphatic heterocycles. The predicted octanol–water partition coefficient (Wildman–Crippen LogP) is 0.814. The molecule has 14 heavy (non-hydrogen) atoms. The first kappa shape index (κ1) is 8.68. The van der Waals surface area contributed by atoms with Crippen LogP contribution in [-0.4, -0.2) is 16.9 Å². The summed E-state index contributed by atoms with van der Waals surface area (Å²) < 4.78 is 9.62. The molecule has 0 aliphatic carbocycles. The zero-order chi connectivity index (χ0) is 10.1. The summed E-state index contributed by atoms with van der Waals surface area (Å²) in [5.41, 5.74) is 0.888. The average Bonchev–Trinajstić information content (AvgIpc) is 2.44. The second-order valence-electron chi connectivity index (χ2n) is 2.81. The van der Waals surface area contributed by atoms with Gasteiger partial charge in [0.15, 0.2) is 0 Å².